The van der Waals surface area contributed by atoms with Crippen molar-refractivity contribution >= 4 is 34.7 Å². The Labute approximate surface area is 166 Å². The van der Waals surface area contributed by atoms with Gasteiger partial charge in [-0.05, 0) is 65.6 Å². The van der Waals surface area contributed by atoms with Crippen LogP contribution in [0.2, 0.25) is 0 Å². The number of rotatable bonds is 6. The molecule has 0 heterocycles. The molecular weight excluding hydrogens is 445 g/mol. The van der Waals surface area contributed by atoms with E-state index in [4.69, 9.17) is 4.74 Å². The topological polar surface area (TPSA) is 66.8 Å². The number of halogens is 1. The molecule has 1 N–H and O–H groups in total. The van der Waals surface area contributed by atoms with Crippen molar-refractivity contribution in [3.8, 4) is 0 Å². The number of carboxylic acid groups (broad SMARTS) is 1. The average molecular weight is 465 g/mol. The summed E-state index contributed by atoms with van der Waals surface area (Å²) in [4.78, 5) is 26.4. The van der Waals surface area contributed by atoms with Crippen LogP contribution >= 0.6 is 22.6 Å². The Morgan fingerprint density at radius 3 is 2.31 bits per heavy atom. The van der Waals surface area contributed by atoms with Crippen molar-refractivity contribution in [2.24, 2.45) is 0 Å². The highest BCUT2D eigenvalue weighted by molar-refractivity contribution is 14.1. The van der Waals surface area contributed by atoms with Crippen molar-refractivity contribution in [1.82, 2.24) is 4.90 Å². The first-order chi connectivity index (χ1) is 12.4. The number of carbonyl (C=O) groups is 2. The van der Waals surface area contributed by atoms with Gasteiger partial charge >= 0.3 is 12.1 Å². The Balaban J connectivity index is 1.87. The lowest BCUT2D eigenvalue weighted by atomic mass is 9.90. The molecule has 1 aliphatic rings. The van der Waals surface area contributed by atoms with Crippen LogP contribution < -0.4 is 0 Å². The molecule has 3 rings (SSSR count). The smallest absolute Gasteiger partial charge is 0.411 e. The minimum Gasteiger partial charge on any atom is -0.479 e. The van der Waals surface area contributed by atoms with E-state index in [0.717, 1.165) is 22.0 Å². The molecule has 1 fully saturated rings. The Kier molecular flexibility index (Phi) is 5.50. The number of carboxylic acids is 1. The van der Waals surface area contributed by atoms with Crippen molar-refractivity contribution in [2.45, 2.75) is 38.0 Å². The van der Waals surface area contributed by atoms with Gasteiger partial charge in [-0.3, -0.25) is 4.90 Å². The highest BCUT2D eigenvalue weighted by Gasteiger charge is 2.51. The van der Waals surface area contributed by atoms with Gasteiger partial charge in [0, 0.05) is 9.61 Å². The van der Waals surface area contributed by atoms with Crippen LogP contribution in [0.25, 0.3) is 0 Å². The number of hydrogen-bond acceptors (Lipinski definition) is 3. The van der Waals surface area contributed by atoms with Crippen LogP contribution in [0.5, 0.6) is 0 Å². The number of benzene rings is 2. The summed E-state index contributed by atoms with van der Waals surface area (Å²) in [5.74, 6) is -1.07. The third kappa shape index (κ3) is 3.85. The van der Waals surface area contributed by atoms with Gasteiger partial charge in [-0.25, -0.2) is 9.59 Å². The number of aliphatic carboxylic acids is 1. The molecule has 1 atom stereocenters. The first kappa shape index (κ1) is 18.7. The maximum absolute atomic E-state index is 12.8. The molecule has 1 unspecified atom stereocenters. The molecule has 26 heavy (non-hydrogen) atoms. The van der Waals surface area contributed by atoms with Gasteiger partial charge in [-0.2, -0.15) is 0 Å². The van der Waals surface area contributed by atoms with Gasteiger partial charge in [-0.1, -0.05) is 42.5 Å². The minimum atomic E-state index is -1.47. The van der Waals surface area contributed by atoms with Gasteiger partial charge in [0.25, 0.3) is 0 Å². The third-order valence-corrected chi connectivity index (χ3v) is 5.34. The summed E-state index contributed by atoms with van der Waals surface area (Å²) in [6.45, 7) is 1.69. The van der Waals surface area contributed by atoms with E-state index in [-0.39, 0.29) is 12.6 Å². The Bertz CT molecular complexity index is 789. The van der Waals surface area contributed by atoms with E-state index in [9.17, 15) is 14.7 Å². The van der Waals surface area contributed by atoms with Gasteiger partial charge in [-0.15, -0.1) is 0 Å². The maximum Gasteiger partial charge on any atom is 0.411 e. The van der Waals surface area contributed by atoms with E-state index < -0.39 is 17.6 Å². The molecule has 0 aliphatic heterocycles. The molecule has 1 saturated carbocycles. The molecule has 6 heteroatoms. The lowest BCUT2D eigenvalue weighted by molar-refractivity contribution is -0.150. The predicted octanol–water partition coefficient (Wildman–Crippen LogP) is 4.39. The van der Waals surface area contributed by atoms with Crippen LogP contribution in [-0.2, 0) is 21.7 Å². The number of ether oxygens (including phenoxy) is 1. The van der Waals surface area contributed by atoms with Crippen molar-refractivity contribution in [3.63, 3.8) is 0 Å². The highest BCUT2D eigenvalue weighted by atomic mass is 127. The molecule has 1 amide bonds. The van der Waals surface area contributed by atoms with E-state index in [1.807, 2.05) is 42.5 Å². The number of carbonyl (C=O) groups excluding carboxylic acids is 1. The van der Waals surface area contributed by atoms with Crippen molar-refractivity contribution in [3.05, 3.63) is 69.3 Å². The molecule has 2 aromatic rings. The second kappa shape index (κ2) is 7.65. The SMILES string of the molecule is CC(C(=O)O)(c1ccc(I)cc1)N(C(=O)OCc1ccccc1)C1CC1. The Hall–Kier alpha value is -2.09. The van der Waals surface area contributed by atoms with Crippen molar-refractivity contribution in [1.29, 1.82) is 0 Å². The van der Waals surface area contributed by atoms with E-state index in [0.29, 0.717) is 5.56 Å². The van der Waals surface area contributed by atoms with Crippen LogP contribution in [0.15, 0.2) is 54.6 Å². The normalized spacial score (nSPS) is 15.8. The molecule has 0 radical (unpaired) electrons. The van der Waals surface area contributed by atoms with Crippen LogP contribution in [0.4, 0.5) is 4.79 Å². The fourth-order valence-electron chi connectivity index (χ4n) is 2.96. The average Bonchev–Trinajstić information content (AvgIpc) is 3.46. The largest absolute Gasteiger partial charge is 0.479 e. The fraction of sp³-hybridized carbons (Fsp3) is 0.300. The standard InChI is InChI=1S/C20H20INO4/c1-20(18(23)24,15-7-9-16(21)10-8-15)22(17-11-12-17)19(25)26-13-14-5-3-2-4-6-14/h2-10,17H,11-13H2,1H3,(H,23,24). The number of amides is 1. The number of hydrogen-bond donors (Lipinski definition) is 1. The molecule has 0 bridgehead atoms. The molecule has 1 aliphatic carbocycles. The summed E-state index contributed by atoms with van der Waals surface area (Å²) in [5, 5.41) is 9.99. The zero-order chi connectivity index (χ0) is 18.7. The van der Waals surface area contributed by atoms with E-state index in [2.05, 4.69) is 22.6 Å². The zero-order valence-electron chi connectivity index (χ0n) is 14.4. The first-order valence-corrected chi connectivity index (χ1v) is 9.50. The van der Waals surface area contributed by atoms with Crippen LogP contribution in [0.3, 0.4) is 0 Å². The lowest BCUT2D eigenvalue weighted by Crippen LogP contribution is -2.54. The second-order valence-corrected chi connectivity index (χ2v) is 7.77. The zero-order valence-corrected chi connectivity index (χ0v) is 16.5. The Morgan fingerprint density at radius 1 is 1.15 bits per heavy atom. The monoisotopic (exact) mass is 465 g/mol. The third-order valence-electron chi connectivity index (χ3n) is 4.62. The summed E-state index contributed by atoms with van der Waals surface area (Å²) < 4.78 is 6.46. The summed E-state index contributed by atoms with van der Waals surface area (Å²) in [6.07, 6.45) is 0.973. The fourth-order valence-corrected chi connectivity index (χ4v) is 3.32. The van der Waals surface area contributed by atoms with Crippen LogP contribution in [-0.4, -0.2) is 28.1 Å². The molecular formula is C20H20INO4. The summed E-state index contributed by atoms with van der Waals surface area (Å²) in [5.41, 5.74) is -0.0453. The van der Waals surface area contributed by atoms with Crippen LogP contribution in [0.1, 0.15) is 30.9 Å². The first-order valence-electron chi connectivity index (χ1n) is 8.42. The lowest BCUT2D eigenvalue weighted by Gasteiger charge is -2.37. The molecule has 136 valence electrons. The minimum absolute atomic E-state index is 0.112. The Morgan fingerprint density at radius 2 is 1.77 bits per heavy atom. The van der Waals surface area contributed by atoms with E-state index in [1.54, 1.807) is 19.1 Å². The van der Waals surface area contributed by atoms with E-state index >= 15 is 0 Å². The molecule has 0 spiro atoms. The van der Waals surface area contributed by atoms with Gasteiger partial charge < -0.3 is 9.84 Å². The maximum atomic E-state index is 12.8. The summed E-state index contributed by atoms with van der Waals surface area (Å²) in [6, 6.07) is 16.5. The molecule has 0 saturated heterocycles. The number of nitrogens with zero attached hydrogens (tertiary/aromatic N) is 1. The summed E-state index contributed by atoms with van der Waals surface area (Å²) in [7, 11) is 0. The van der Waals surface area contributed by atoms with Crippen molar-refractivity contribution in [2.75, 3.05) is 0 Å². The quantitative estimate of drug-likeness (QED) is 0.643. The molecule has 5 nitrogen and oxygen atoms in total. The van der Waals surface area contributed by atoms with Gasteiger partial charge in [0.15, 0.2) is 5.54 Å². The predicted molar refractivity (Wildman–Crippen MR) is 106 cm³/mol. The van der Waals surface area contributed by atoms with E-state index in [1.165, 1.54) is 4.90 Å². The highest BCUT2D eigenvalue weighted by Crippen LogP contribution is 2.39. The second-order valence-electron chi connectivity index (χ2n) is 6.53. The van der Waals surface area contributed by atoms with Gasteiger partial charge in [0.2, 0.25) is 0 Å². The molecule has 2 aromatic carbocycles. The van der Waals surface area contributed by atoms with Crippen LogP contribution in [0, 0.1) is 3.57 Å². The van der Waals surface area contributed by atoms with Crippen molar-refractivity contribution < 1.29 is 19.4 Å². The van der Waals surface area contributed by atoms with Gasteiger partial charge in [0.05, 0.1) is 0 Å². The van der Waals surface area contributed by atoms with Gasteiger partial charge in [0.1, 0.15) is 6.61 Å². The molecule has 0 aromatic heterocycles. The summed E-state index contributed by atoms with van der Waals surface area (Å²) >= 11 is 2.17.